The van der Waals surface area contributed by atoms with Crippen molar-refractivity contribution in [3.8, 4) is 5.75 Å². The van der Waals surface area contributed by atoms with Crippen LogP contribution in [0.15, 0.2) is 53.1 Å². The van der Waals surface area contributed by atoms with Gasteiger partial charge in [0.2, 0.25) is 0 Å². The van der Waals surface area contributed by atoms with Gasteiger partial charge in [-0.25, -0.2) is 4.57 Å². The van der Waals surface area contributed by atoms with E-state index in [0.29, 0.717) is 17.1 Å². The molecule has 0 heterocycles. The Labute approximate surface area is 285 Å². The summed E-state index contributed by atoms with van der Waals surface area (Å²) in [5.74, 6) is 1.83. The number of benzene rings is 1. The molecule has 7 heteroatoms. The average molecular weight is 668 g/mol. The molecule has 0 radical (unpaired) electrons. The van der Waals surface area contributed by atoms with Crippen LogP contribution in [0, 0.1) is 39.4 Å². The number of ether oxygens (including phenoxy) is 1. The Kier molecular flexibility index (Phi) is 10.4. The predicted octanol–water partition coefficient (Wildman–Crippen LogP) is 10.8. The minimum absolute atomic E-state index is 0.0887. The fourth-order valence-electron chi connectivity index (χ4n) is 11.0. The number of allylic oxidation sites excluding steroid dienone is 4. The van der Waals surface area contributed by atoms with Crippen molar-refractivity contribution in [2.45, 2.75) is 139 Å². The van der Waals surface area contributed by atoms with Crippen molar-refractivity contribution in [1.29, 1.82) is 0 Å². The zero-order chi connectivity index (χ0) is 34.4. The van der Waals surface area contributed by atoms with Crippen LogP contribution in [0.1, 0.15) is 127 Å². The zero-order valence-electron chi connectivity index (χ0n) is 30.9. The van der Waals surface area contributed by atoms with E-state index in [0.717, 1.165) is 37.5 Å². The first-order chi connectivity index (χ1) is 22.0. The van der Waals surface area contributed by atoms with E-state index < -0.39 is 19.8 Å². The Bertz CT molecular complexity index is 1410. The molecule has 0 aliphatic heterocycles. The molecule has 5 rings (SSSR count). The monoisotopic (exact) mass is 667 g/mol. The molecule has 1 N–H and O–H groups in total. The molecule has 0 saturated heterocycles. The first-order valence-electron chi connectivity index (χ1n) is 18.3. The summed E-state index contributed by atoms with van der Waals surface area (Å²) in [7, 11) is -2.62. The van der Waals surface area contributed by atoms with Crippen LogP contribution in [-0.2, 0) is 18.6 Å². The van der Waals surface area contributed by atoms with Gasteiger partial charge < -0.3 is 9.26 Å². The quantitative estimate of drug-likeness (QED) is 0.144. The third kappa shape index (κ3) is 6.57. The van der Waals surface area contributed by atoms with Gasteiger partial charge in [-0.15, -0.1) is 0 Å². The van der Waals surface area contributed by atoms with Crippen molar-refractivity contribution in [3.63, 3.8) is 0 Å². The molecule has 2 unspecified atom stereocenters. The maximum Gasteiger partial charge on any atom is 0.459 e. The van der Waals surface area contributed by atoms with E-state index in [1.54, 1.807) is 30.2 Å². The summed E-state index contributed by atoms with van der Waals surface area (Å²) < 4.78 is 32.0. The molecule has 4 aliphatic rings. The van der Waals surface area contributed by atoms with Gasteiger partial charge in [0.05, 0.1) is 13.2 Å². The van der Waals surface area contributed by atoms with Crippen LogP contribution in [0.2, 0.25) is 0 Å². The molecule has 4 aliphatic carbocycles. The number of hydrogen-bond donors (Lipinski definition) is 1. The highest BCUT2D eigenvalue weighted by Crippen LogP contribution is 2.73. The van der Waals surface area contributed by atoms with E-state index in [9.17, 15) is 9.36 Å². The highest BCUT2D eigenvalue weighted by Gasteiger charge is 2.64. The maximum absolute atomic E-state index is 14.4. The molecule has 9 atom stereocenters. The lowest BCUT2D eigenvalue weighted by molar-refractivity contribution is -0.142. The summed E-state index contributed by atoms with van der Waals surface area (Å²) in [4.78, 5) is 12.4. The minimum Gasteiger partial charge on any atom is -0.468 e. The Hall–Kier alpha value is -1.88. The number of rotatable bonds is 11. The number of esters is 1. The van der Waals surface area contributed by atoms with Crippen molar-refractivity contribution < 1.29 is 23.1 Å². The summed E-state index contributed by atoms with van der Waals surface area (Å²) >= 11 is 0. The van der Waals surface area contributed by atoms with Gasteiger partial charge in [-0.1, -0.05) is 82.5 Å². The van der Waals surface area contributed by atoms with Crippen molar-refractivity contribution in [3.05, 3.63) is 53.1 Å². The first-order valence-corrected chi connectivity index (χ1v) is 19.8. The molecule has 2 fully saturated rings. The summed E-state index contributed by atoms with van der Waals surface area (Å²) in [6.45, 7) is 21.0. The van der Waals surface area contributed by atoms with Gasteiger partial charge in [0.15, 0.2) is 0 Å². The maximum atomic E-state index is 14.4. The lowest BCUT2D eigenvalue weighted by atomic mass is 9.43. The molecule has 6 nitrogen and oxygen atoms in total. The van der Waals surface area contributed by atoms with Crippen LogP contribution in [0.5, 0.6) is 5.75 Å². The van der Waals surface area contributed by atoms with Gasteiger partial charge in [-0.3, -0.25) is 9.32 Å². The third-order valence-electron chi connectivity index (χ3n) is 13.8. The summed E-state index contributed by atoms with van der Waals surface area (Å²) in [5.41, 5.74) is 5.39. The third-order valence-corrected chi connectivity index (χ3v) is 15.4. The number of carbonyl (C=O) groups excluding carboxylic acids is 1. The Balaban J connectivity index is 1.39. The fourth-order valence-corrected chi connectivity index (χ4v) is 12.8. The molecular weight excluding hydrogens is 605 g/mol. The molecule has 1 aromatic carbocycles. The van der Waals surface area contributed by atoms with E-state index in [4.69, 9.17) is 13.8 Å². The van der Waals surface area contributed by atoms with Crippen LogP contribution >= 0.6 is 7.75 Å². The van der Waals surface area contributed by atoms with Crippen molar-refractivity contribution in [2.24, 2.45) is 39.4 Å². The molecule has 0 bridgehead atoms. The molecule has 0 spiro atoms. The van der Waals surface area contributed by atoms with E-state index in [1.165, 1.54) is 51.2 Å². The Morgan fingerprint density at radius 2 is 1.68 bits per heavy atom. The predicted molar refractivity (Wildman–Crippen MR) is 191 cm³/mol. The van der Waals surface area contributed by atoms with Crippen LogP contribution < -0.4 is 9.61 Å². The second kappa shape index (κ2) is 13.4. The topological polar surface area (TPSA) is 73.9 Å². The second-order valence-corrected chi connectivity index (χ2v) is 18.6. The summed E-state index contributed by atoms with van der Waals surface area (Å²) in [5, 5.41) is 2.89. The standard InChI is InChI=1S/C40H62NO5P/c1-27(2)15-14-16-28(3)31-21-25-40(9)33-19-20-34-37(5,6)35(23-24-38(34,7)32(33)22-26-39(31,40)8)46-47(43,41-29(4)36(42)44-10)45-30-17-12-11-13-18-30/h11-13,15,17-18,28-29,31,34-35H,14,16,19-26H2,1-10H3,(H,41,43)/t28-,29-,31-,34?,35+,38-,39-,40+,47?/m1/s1. The lowest BCUT2D eigenvalue weighted by Gasteiger charge is -2.62. The van der Waals surface area contributed by atoms with Gasteiger partial charge in [0, 0.05) is 0 Å². The van der Waals surface area contributed by atoms with E-state index in [1.807, 2.05) is 18.2 Å². The molecule has 0 aromatic heterocycles. The lowest BCUT2D eigenvalue weighted by Crippen LogP contribution is -2.55. The van der Waals surface area contributed by atoms with E-state index in [-0.39, 0.29) is 22.3 Å². The normalized spacial score (nSPS) is 35.4. The average Bonchev–Trinajstić information content (AvgIpc) is 3.29. The van der Waals surface area contributed by atoms with Gasteiger partial charge in [0.25, 0.3) is 0 Å². The number of fused-ring (bicyclic) bond motifs is 4. The number of carbonyl (C=O) groups is 1. The fraction of sp³-hybridized carbons (Fsp3) is 0.725. The molecule has 2 saturated carbocycles. The van der Waals surface area contributed by atoms with Crippen molar-refractivity contribution >= 4 is 13.7 Å². The second-order valence-electron chi connectivity index (χ2n) is 16.9. The first kappa shape index (κ1) is 36.4. The van der Waals surface area contributed by atoms with Gasteiger partial charge in [-0.2, -0.15) is 5.09 Å². The molecule has 47 heavy (non-hydrogen) atoms. The van der Waals surface area contributed by atoms with Crippen LogP contribution in [0.4, 0.5) is 0 Å². The number of nitrogens with one attached hydrogen (secondary N) is 1. The number of methoxy groups -OCH3 is 1. The van der Waals surface area contributed by atoms with E-state index in [2.05, 4.69) is 66.6 Å². The van der Waals surface area contributed by atoms with E-state index >= 15 is 0 Å². The Morgan fingerprint density at radius 1 is 0.979 bits per heavy atom. The largest absolute Gasteiger partial charge is 0.468 e. The highest BCUT2D eigenvalue weighted by molar-refractivity contribution is 7.52. The molecule has 1 aromatic rings. The van der Waals surface area contributed by atoms with Crippen LogP contribution in [0.25, 0.3) is 0 Å². The minimum atomic E-state index is -3.94. The highest BCUT2D eigenvalue weighted by atomic mass is 31.2. The SMILES string of the molecule is COC(=O)[C@@H](C)NP(=O)(Oc1ccccc1)O[C@H]1CC[C@]2(C)C3=C(CCC2C1(C)C)[C@]1(C)CC[C@H]([C@H](C)CCC=C(C)C)[C@@]1(C)CC3. The molecule has 0 amide bonds. The summed E-state index contributed by atoms with van der Waals surface area (Å²) in [6, 6.07) is 8.21. The van der Waals surface area contributed by atoms with Gasteiger partial charge >= 0.3 is 13.7 Å². The molecular formula is C40H62NO5P. The number of para-hydroxylation sites is 1. The summed E-state index contributed by atoms with van der Waals surface area (Å²) in [6.07, 6.45) is 13.8. The van der Waals surface area contributed by atoms with Crippen molar-refractivity contribution in [1.82, 2.24) is 5.09 Å². The van der Waals surface area contributed by atoms with Gasteiger partial charge in [-0.05, 0) is 137 Å². The molecule has 262 valence electrons. The van der Waals surface area contributed by atoms with Gasteiger partial charge in [0.1, 0.15) is 11.8 Å². The van der Waals surface area contributed by atoms with Crippen LogP contribution in [-0.4, -0.2) is 25.2 Å². The Morgan fingerprint density at radius 3 is 2.34 bits per heavy atom. The smallest absolute Gasteiger partial charge is 0.459 e. The van der Waals surface area contributed by atoms with Crippen LogP contribution in [0.3, 0.4) is 0 Å². The number of hydrogen-bond acceptors (Lipinski definition) is 5. The zero-order valence-corrected chi connectivity index (χ0v) is 31.8. The van der Waals surface area contributed by atoms with Crippen molar-refractivity contribution in [2.75, 3.05) is 7.11 Å².